The van der Waals surface area contributed by atoms with Crippen molar-refractivity contribution >= 4 is 29.2 Å². The molecule has 1 aromatic heterocycles. The highest BCUT2D eigenvalue weighted by molar-refractivity contribution is 7.10. The van der Waals surface area contributed by atoms with E-state index in [0.717, 1.165) is 30.9 Å². The van der Waals surface area contributed by atoms with Crippen LogP contribution in [0.1, 0.15) is 40.9 Å². The van der Waals surface area contributed by atoms with Gasteiger partial charge in [0.2, 0.25) is 0 Å². The van der Waals surface area contributed by atoms with Crippen LogP contribution in [0, 0.1) is 0 Å². The van der Waals surface area contributed by atoms with Crippen LogP contribution in [0.5, 0.6) is 0 Å². The molecule has 0 aliphatic carbocycles. The van der Waals surface area contributed by atoms with Crippen molar-refractivity contribution in [3.8, 4) is 0 Å². The van der Waals surface area contributed by atoms with Crippen LogP contribution in [0.4, 0.5) is 0 Å². The second kappa shape index (κ2) is 10.8. The molecule has 2 N–H and O–H groups in total. The van der Waals surface area contributed by atoms with E-state index in [-0.39, 0.29) is 17.5 Å². The maximum atomic E-state index is 12.7. The summed E-state index contributed by atoms with van der Waals surface area (Å²) in [5, 5.41) is 7.66. The molecule has 0 saturated carbocycles. The Hall–Kier alpha value is -2.44. The Morgan fingerprint density at radius 1 is 1.04 bits per heavy atom. The van der Waals surface area contributed by atoms with E-state index in [1.165, 1.54) is 30.6 Å². The van der Waals surface area contributed by atoms with Crippen LogP contribution < -0.4 is 10.6 Å². The summed E-state index contributed by atoms with van der Waals surface area (Å²) in [4.78, 5) is 28.6. The van der Waals surface area contributed by atoms with Crippen LogP contribution in [0.2, 0.25) is 0 Å². The first-order valence-corrected chi connectivity index (χ1v) is 10.7. The molecule has 1 saturated heterocycles. The molecule has 6 heteroatoms. The van der Waals surface area contributed by atoms with Gasteiger partial charge in [0.25, 0.3) is 11.8 Å². The van der Waals surface area contributed by atoms with Gasteiger partial charge in [-0.25, -0.2) is 0 Å². The minimum Gasteiger partial charge on any atom is -0.351 e. The molecule has 2 amide bonds. The van der Waals surface area contributed by atoms with E-state index in [0.29, 0.717) is 12.1 Å². The number of rotatable bonds is 8. The van der Waals surface area contributed by atoms with E-state index < -0.39 is 0 Å². The second-order valence-electron chi connectivity index (χ2n) is 6.91. The number of benzene rings is 1. The molecular weight excluding hydrogens is 370 g/mol. The van der Waals surface area contributed by atoms with E-state index in [1.807, 2.05) is 23.6 Å². The number of hydrogen-bond donors (Lipinski definition) is 2. The first kappa shape index (κ1) is 20.3. The zero-order valence-electron chi connectivity index (χ0n) is 16.0. The fraction of sp³-hybridized carbons (Fsp3) is 0.364. The number of thiophene rings is 1. The number of carbonyl (C=O) groups excluding carboxylic acids is 2. The number of amides is 2. The minimum atomic E-state index is -0.285. The van der Waals surface area contributed by atoms with Gasteiger partial charge in [-0.2, -0.15) is 0 Å². The van der Waals surface area contributed by atoms with Gasteiger partial charge in [-0.1, -0.05) is 30.7 Å². The molecule has 1 aliphatic rings. The van der Waals surface area contributed by atoms with Crippen molar-refractivity contribution in [1.29, 1.82) is 0 Å². The lowest BCUT2D eigenvalue weighted by Gasteiger charge is -2.26. The molecular formula is C22H27N3O2S. The first-order valence-electron chi connectivity index (χ1n) is 9.84. The SMILES string of the molecule is O=C(NCCCN1CCCCC1)/C(=C/c1cccs1)NC(=O)c1ccccc1. The molecule has 0 atom stereocenters. The summed E-state index contributed by atoms with van der Waals surface area (Å²) in [6.07, 6.45) is 6.50. The normalized spacial score (nSPS) is 15.2. The topological polar surface area (TPSA) is 61.4 Å². The summed E-state index contributed by atoms with van der Waals surface area (Å²) >= 11 is 1.52. The lowest BCUT2D eigenvalue weighted by Crippen LogP contribution is -2.37. The maximum absolute atomic E-state index is 12.7. The highest BCUT2D eigenvalue weighted by Crippen LogP contribution is 2.13. The van der Waals surface area contributed by atoms with Crippen molar-refractivity contribution in [2.75, 3.05) is 26.2 Å². The fourth-order valence-electron chi connectivity index (χ4n) is 3.24. The minimum absolute atomic E-state index is 0.253. The van der Waals surface area contributed by atoms with E-state index in [9.17, 15) is 9.59 Å². The number of piperidine rings is 1. The highest BCUT2D eigenvalue weighted by atomic mass is 32.1. The Kier molecular flexibility index (Phi) is 7.82. The summed E-state index contributed by atoms with van der Waals surface area (Å²) < 4.78 is 0. The Balaban J connectivity index is 1.56. The Morgan fingerprint density at radius 2 is 1.82 bits per heavy atom. The summed E-state index contributed by atoms with van der Waals surface area (Å²) in [7, 11) is 0. The predicted octanol–water partition coefficient (Wildman–Crippen LogP) is 3.51. The Morgan fingerprint density at radius 3 is 2.54 bits per heavy atom. The van der Waals surface area contributed by atoms with E-state index >= 15 is 0 Å². The zero-order chi connectivity index (χ0) is 19.6. The molecule has 3 rings (SSSR count). The number of hydrogen-bond acceptors (Lipinski definition) is 4. The third kappa shape index (κ3) is 6.32. The second-order valence-corrected chi connectivity index (χ2v) is 7.88. The summed E-state index contributed by atoms with van der Waals surface area (Å²) in [6.45, 7) is 3.91. The molecule has 5 nitrogen and oxygen atoms in total. The van der Waals surface area contributed by atoms with Gasteiger partial charge in [0.15, 0.2) is 0 Å². The van der Waals surface area contributed by atoms with Crippen molar-refractivity contribution in [3.05, 3.63) is 64.0 Å². The van der Waals surface area contributed by atoms with Gasteiger partial charge in [-0.3, -0.25) is 9.59 Å². The molecule has 2 heterocycles. The van der Waals surface area contributed by atoms with E-state index in [1.54, 1.807) is 30.3 Å². The molecule has 0 bridgehead atoms. The van der Waals surface area contributed by atoms with Gasteiger partial charge in [0.05, 0.1) is 0 Å². The van der Waals surface area contributed by atoms with Crippen molar-refractivity contribution in [2.24, 2.45) is 0 Å². The van der Waals surface area contributed by atoms with Gasteiger partial charge in [-0.05, 0) is 68.6 Å². The molecule has 0 unspecified atom stereocenters. The van der Waals surface area contributed by atoms with Crippen LogP contribution >= 0.6 is 11.3 Å². The number of carbonyl (C=O) groups is 2. The smallest absolute Gasteiger partial charge is 0.267 e. The lowest BCUT2D eigenvalue weighted by molar-refractivity contribution is -0.117. The van der Waals surface area contributed by atoms with Crippen molar-refractivity contribution in [3.63, 3.8) is 0 Å². The molecule has 0 spiro atoms. The van der Waals surface area contributed by atoms with Crippen molar-refractivity contribution in [1.82, 2.24) is 15.5 Å². The molecule has 1 aromatic carbocycles. The van der Waals surface area contributed by atoms with Gasteiger partial charge < -0.3 is 15.5 Å². The molecule has 148 valence electrons. The molecule has 28 heavy (non-hydrogen) atoms. The maximum Gasteiger partial charge on any atom is 0.267 e. The van der Waals surface area contributed by atoms with Crippen molar-refractivity contribution < 1.29 is 9.59 Å². The van der Waals surface area contributed by atoms with Gasteiger partial charge in [0.1, 0.15) is 5.70 Å². The van der Waals surface area contributed by atoms with Gasteiger partial charge in [-0.15, -0.1) is 11.3 Å². The third-order valence-electron chi connectivity index (χ3n) is 4.74. The number of nitrogens with zero attached hydrogens (tertiary/aromatic N) is 1. The average molecular weight is 398 g/mol. The first-order chi connectivity index (χ1) is 13.7. The molecule has 2 aromatic rings. The van der Waals surface area contributed by atoms with Crippen LogP contribution in [-0.4, -0.2) is 42.9 Å². The average Bonchev–Trinajstić information content (AvgIpc) is 3.25. The molecule has 1 fully saturated rings. The van der Waals surface area contributed by atoms with Crippen LogP contribution in [0.25, 0.3) is 6.08 Å². The summed E-state index contributed by atoms with van der Waals surface area (Å²) in [5.74, 6) is -0.539. The summed E-state index contributed by atoms with van der Waals surface area (Å²) in [6, 6.07) is 12.8. The third-order valence-corrected chi connectivity index (χ3v) is 5.56. The number of nitrogens with one attached hydrogen (secondary N) is 2. The fourth-order valence-corrected chi connectivity index (χ4v) is 3.90. The zero-order valence-corrected chi connectivity index (χ0v) is 16.8. The van der Waals surface area contributed by atoms with E-state index in [2.05, 4.69) is 15.5 Å². The predicted molar refractivity (Wildman–Crippen MR) is 114 cm³/mol. The number of likely N-dealkylation sites (tertiary alicyclic amines) is 1. The van der Waals surface area contributed by atoms with Crippen LogP contribution in [-0.2, 0) is 4.79 Å². The molecule has 1 aliphatic heterocycles. The quantitative estimate of drug-likeness (QED) is 0.529. The Labute approximate surface area is 170 Å². The summed E-state index contributed by atoms with van der Waals surface area (Å²) in [5.41, 5.74) is 0.798. The standard InChI is InChI=1S/C22H27N3O2S/c26-21(18-9-3-1-4-10-18)24-20(17-19-11-7-16-28-19)22(27)23-12-8-15-25-13-5-2-6-14-25/h1,3-4,7,9-11,16-17H,2,5-6,8,12-15H2,(H,23,27)(H,24,26)/b20-17-. The monoisotopic (exact) mass is 397 g/mol. The van der Waals surface area contributed by atoms with Crippen LogP contribution in [0.3, 0.4) is 0 Å². The van der Waals surface area contributed by atoms with E-state index in [4.69, 9.17) is 0 Å². The largest absolute Gasteiger partial charge is 0.351 e. The van der Waals surface area contributed by atoms with Crippen molar-refractivity contribution in [2.45, 2.75) is 25.7 Å². The Bertz CT molecular complexity index is 781. The van der Waals surface area contributed by atoms with Crippen LogP contribution in [0.15, 0.2) is 53.5 Å². The highest BCUT2D eigenvalue weighted by Gasteiger charge is 2.15. The lowest BCUT2D eigenvalue weighted by atomic mass is 10.1. The van der Waals surface area contributed by atoms with Gasteiger partial charge >= 0.3 is 0 Å². The molecule has 0 radical (unpaired) electrons. The van der Waals surface area contributed by atoms with Gasteiger partial charge in [0, 0.05) is 17.0 Å².